The standard InChI is InChI=1S/C14H18N2O2S/c1-9-7-16-14(19-9)10(2)15-8-11-6-12(18-3)4-5-13(11)17/h4-7,10,15,17H,8H2,1-3H3. The Morgan fingerprint density at radius 2 is 2.26 bits per heavy atom. The summed E-state index contributed by atoms with van der Waals surface area (Å²) >= 11 is 1.68. The zero-order valence-corrected chi connectivity index (χ0v) is 12.1. The van der Waals surface area contributed by atoms with Gasteiger partial charge < -0.3 is 15.2 Å². The van der Waals surface area contributed by atoms with E-state index >= 15 is 0 Å². The van der Waals surface area contributed by atoms with Crippen LogP contribution in [0.15, 0.2) is 24.4 Å². The van der Waals surface area contributed by atoms with Gasteiger partial charge in [0.25, 0.3) is 0 Å². The van der Waals surface area contributed by atoms with Crippen molar-refractivity contribution in [1.29, 1.82) is 0 Å². The van der Waals surface area contributed by atoms with Crippen molar-refractivity contribution < 1.29 is 9.84 Å². The molecule has 5 heteroatoms. The van der Waals surface area contributed by atoms with Gasteiger partial charge in [-0.1, -0.05) is 0 Å². The number of phenolic OH excluding ortho intramolecular Hbond substituents is 1. The molecule has 1 heterocycles. The van der Waals surface area contributed by atoms with E-state index in [0.29, 0.717) is 6.54 Å². The molecule has 0 fully saturated rings. The third kappa shape index (κ3) is 3.45. The number of thiazole rings is 1. The Balaban J connectivity index is 2.02. The number of rotatable bonds is 5. The first-order valence-electron chi connectivity index (χ1n) is 6.11. The minimum Gasteiger partial charge on any atom is -0.508 e. The molecular weight excluding hydrogens is 260 g/mol. The largest absolute Gasteiger partial charge is 0.508 e. The fraction of sp³-hybridized carbons (Fsp3) is 0.357. The maximum absolute atomic E-state index is 9.81. The van der Waals surface area contributed by atoms with Crippen LogP contribution in [0.25, 0.3) is 0 Å². The second kappa shape index (κ2) is 6.04. The Kier molecular flexibility index (Phi) is 4.39. The number of phenols is 1. The van der Waals surface area contributed by atoms with E-state index < -0.39 is 0 Å². The maximum Gasteiger partial charge on any atom is 0.120 e. The van der Waals surface area contributed by atoms with Crippen molar-refractivity contribution >= 4 is 11.3 Å². The van der Waals surface area contributed by atoms with E-state index in [-0.39, 0.29) is 11.8 Å². The van der Waals surface area contributed by atoms with Crippen LogP contribution in [0, 0.1) is 6.92 Å². The van der Waals surface area contributed by atoms with Gasteiger partial charge in [0.15, 0.2) is 0 Å². The first-order chi connectivity index (χ1) is 9.10. The van der Waals surface area contributed by atoms with E-state index in [2.05, 4.69) is 17.2 Å². The predicted molar refractivity (Wildman–Crippen MR) is 76.8 cm³/mol. The first kappa shape index (κ1) is 13.8. The Morgan fingerprint density at radius 3 is 2.89 bits per heavy atom. The van der Waals surface area contributed by atoms with Gasteiger partial charge in [-0.2, -0.15) is 0 Å². The van der Waals surface area contributed by atoms with Crippen LogP contribution in [0.1, 0.15) is 28.4 Å². The van der Waals surface area contributed by atoms with Crippen LogP contribution in [0.3, 0.4) is 0 Å². The molecule has 102 valence electrons. The molecule has 0 saturated carbocycles. The lowest BCUT2D eigenvalue weighted by molar-refractivity contribution is 0.409. The Morgan fingerprint density at radius 1 is 1.47 bits per heavy atom. The summed E-state index contributed by atoms with van der Waals surface area (Å²) in [5, 5.41) is 14.2. The van der Waals surface area contributed by atoms with Gasteiger partial charge in [0.1, 0.15) is 16.5 Å². The molecule has 19 heavy (non-hydrogen) atoms. The number of aromatic nitrogens is 1. The quantitative estimate of drug-likeness (QED) is 0.882. The number of nitrogens with zero attached hydrogens (tertiary/aromatic N) is 1. The molecule has 0 spiro atoms. The van der Waals surface area contributed by atoms with Crippen LogP contribution in [0.5, 0.6) is 11.5 Å². The third-order valence-corrected chi connectivity index (χ3v) is 3.99. The fourth-order valence-electron chi connectivity index (χ4n) is 1.75. The number of aryl methyl sites for hydroxylation is 1. The number of ether oxygens (including phenoxy) is 1. The molecule has 0 amide bonds. The highest BCUT2D eigenvalue weighted by Crippen LogP contribution is 2.24. The van der Waals surface area contributed by atoms with Crippen LogP contribution in [-0.2, 0) is 6.54 Å². The molecule has 0 aliphatic heterocycles. The summed E-state index contributed by atoms with van der Waals surface area (Å²) in [4.78, 5) is 5.55. The minimum atomic E-state index is 0.157. The number of hydrogen-bond acceptors (Lipinski definition) is 5. The molecule has 2 rings (SSSR count). The van der Waals surface area contributed by atoms with E-state index in [9.17, 15) is 5.11 Å². The van der Waals surface area contributed by atoms with Crippen molar-refractivity contribution in [3.63, 3.8) is 0 Å². The topological polar surface area (TPSA) is 54.4 Å². The molecule has 0 saturated heterocycles. The van der Waals surface area contributed by atoms with Crippen LogP contribution in [0.2, 0.25) is 0 Å². The van der Waals surface area contributed by atoms with Crippen molar-refractivity contribution in [2.45, 2.75) is 26.4 Å². The lowest BCUT2D eigenvalue weighted by Crippen LogP contribution is -2.18. The first-order valence-corrected chi connectivity index (χ1v) is 6.93. The molecule has 4 nitrogen and oxygen atoms in total. The molecule has 1 aromatic heterocycles. The zero-order chi connectivity index (χ0) is 13.8. The highest BCUT2D eigenvalue weighted by atomic mass is 32.1. The Hall–Kier alpha value is -1.59. The molecule has 1 unspecified atom stereocenters. The third-order valence-electron chi connectivity index (χ3n) is 2.89. The van der Waals surface area contributed by atoms with Gasteiger partial charge in [0.2, 0.25) is 0 Å². The van der Waals surface area contributed by atoms with Gasteiger partial charge in [-0.15, -0.1) is 11.3 Å². The summed E-state index contributed by atoms with van der Waals surface area (Å²) in [5.74, 6) is 1.02. The van der Waals surface area contributed by atoms with Crippen molar-refractivity contribution in [3.8, 4) is 11.5 Å². The number of hydrogen-bond donors (Lipinski definition) is 2. The highest BCUT2D eigenvalue weighted by Gasteiger charge is 2.10. The predicted octanol–water partition coefficient (Wildman–Crippen LogP) is 3.02. The van der Waals surface area contributed by atoms with E-state index in [1.807, 2.05) is 19.2 Å². The van der Waals surface area contributed by atoms with Crippen molar-refractivity contribution in [1.82, 2.24) is 10.3 Å². The highest BCUT2D eigenvalue weighted by molar-refractivity contribution is 7.11. The van der Waals surface area contributed by atoms with E-state index in [4.69, 9.17) is 4.74 Å². The van der Waals surface area contributed by atoms with Gasteiger partial charge in [0.05, 0.1) is 13.2 Å². The summed E-state index contributed by atoms with van der Waals surface area (Å²) in [6.07, 6.45) is 1.88. The van der Waals surface area contributed by atoms with Crippen molar-refractivity contribution in [2.24, 2.45) is 0 Å². The molecule has 0 aliphatic carbocycles. The molecule has 0 aliphatic rings. The Labute approximate surface area is 117 Å². The fourth-order valence-corrected chi connectivity index (χ4v) is 2.55. The molecule has 2 aromatic rings. The number of methoxy groups -OCH3 is 1. The molecular formula is C14H18N2O2S. The summed E-state index contributed by atoms with van der Waals surface area (Å²) in [7, 11) is 1.62. The molecule has 2 N–H and O–H groups in total. The van der Waals surface area contributed by atoms with Gasteiger partial charge >= 0.3 is 0 Å². The van der Waals surface area contributed by atoms with Crippen molar-refractivity contribution in [2.75, 3.05) is 7.11 Å². The zero-order valence-electron chi connectivity index (χ0n) is 11.3. The average Bonchev–Trinajstić information content (AvgIpc) is 2.84. The van der Waals surface area contributed by atoms with Gasteiger partial charge in [-0.05, 0) is 32.0 Å². The summed E-state index contributed by atoms with van der Waals surface area (Å²) in [6.45, 7) is 4.68. The van der Waals surface area contributed by atoms with Gasteiger partial charge in [0, 0.05) is 23.2 Å². The normalized spacial score (nSPS) is 12.4. The monoisotopic (exact) mass is 278 g/mol. The number of benzene rings is 1. The van der Waals surface area contributed by atoms with Crippen LogP contribution in [-0.4, -0.2) is 17.2 Å². The lowest BCUT2D eigenvalue weighted by Gasteiger charge is -2.12. The summed E-state index contributed by atoms with van der Waals surface area (Å²) in [6, 6.07) is 5.38. The van der Waals surface area contributed by atoms with Gasteiger partial charge in [-0.25, -0.2) is 4.98 Å². The molecule has 1 atom stereocenters. The van der Waals surface area contributed by atoms with Crippen molar-refractivity contribution in [3.05, 3.63) is 39.8 Å². The van der Waals surface area contributed by atoms with Crippen LogP contribution < -0.4 is 10.1 Å². The van der Waals surface area contributed by atoms with E-state index in [0.717, 1.165) is 16.3 Å². The SMILES string of the molecule is COc1ccc(O)c(CNC(C)c2ncc(C)s2)c1. The second-order valence-corrected chi connectivity index (χ2v) is 5.67. The van der Waals surface area contributed by atoms with Crippen LogP contribution >= 0.6 is 11.3 Å². The summed E-state index contributed by atoms with van der Waals surface area (Å²) in [5.41, 5.74) is 0.819. The van der Waals surface area contributed by atoms with E-state index in [1.165, 1.54) is 4.88 Å². The number of nitrogens with one attached hydrogen (secondary N) is 1. The molecule has 0 bridgehead atoms. The van der Waals surface area contributed by atoms with Gasteiger partial charge in [-0.3, -0.25) is 0 Å². The lowest BCUT2D eigenvalue weighted by atomic mass is 10.2. The average molecular weight is 278 g/mol. The minimum absolute atomic E-state index is 0.157. The van der Waals surface area contributed by atoms with Crippen LogP contribution in [0.4, 0.5) is 0 Å². The second-order valence-electron chi connectivity index (χ2n) is 4.41. The smallest absolute Gasteiger partial charge is 0.120 e. The summed E-state index contributed by atoms with van der Waals surface area (Å²) < 4.78 is 5.16. The Bertz CT molecular complexity index is 554. The van der Waals surface area contributed by atoms with E-state index in [1.54, 1.807) is 30.6 Å². The molecule has 1 aromatic carbocycles. The maximum atomic E-state index is 9.81. The molecule has 0 radical (unpaired) electrons. The number of aromatic hydroxyl groups is 1.